The van der Waals surface area contributed by atoms with Gasteiger partial charge in [-0.15, -0.1) is 23.5 Å². The van der Waals surface area contributed by atoms with E-state index in [2.05, 4.69) is 77.6 Å². The molecule has 2 aliphatic heterocycles. The van der Waals surface area contributed by atoms with E-state index in [-0.39, 0.29) is 4.75 Å². The lowest BCUT2D eigenvalue weighted by Crippen LogP contribution is -2.32. The van der Waals surface area contributed by atoms with Gasteiger partial charge in [0.2, 0.25) is 0 Å². The third-order valence-electron chi connectivity index (χ3n) is 6.42. The lowest BCUT2D eigenvalue weighted by atomic mass is 9.89. The maximum atomic E-state index is 5.86. The number of rotatable bonds is 6. The molecule has 4 heteroatoms. The van der Waals surface area contributed by atoms with E-state index >= 15 is 0 Å². The third kappa shape index (κ3) is 5.03. The molecular formula is C26H37NOS2. The van der Waals surface area contributed by atoms with Crippen LogP contribution in [0.15, 0.2) is 67.7 Å². The standard InChI is InChI=1S/C26H37NOS2/c1-17(20(4)28-14-8-13-27)15-18(2)25-16-24-23-10-7-9-22(23)12-11-19(3)29-21(5)26(24,6)30-25/h11-12,15-16,21H,7-10,13-14,27H2,1-6H3/b18-15+,19-11-,20-17+,22-12+,24-23-. The highest BCUT2D eigenvalue weighted by molar-refractivity contribution is 8.08. The van der Waals surface area contributed by atoms with Crippen LogP contribution in [-0.2, 0) is 4.74 Å². The molecule has 0 saturated heterocycles. The first-order chi connectivity index (χ1) is 14.3. The van der Waals surface area contributed by atoms with Crippen LogP contribution < -0.4 is 5.73 Å². The van der Waals surface area contributed by atoms with Gasteiger partial charge in [-0.2, -0.15) is 0 Å². The highest BCUT2D eigenvalue weighted by atomic mass is 32.2. The van der Waals surface area contributed by atoms with Crippen molar-refractivity contribution in [3.8, 4) is 0 Å². The smallest absolute Gasteiger partial charge is 0.0957 e. The number of thioether (sulfide) groups is 2. The Balaban J connectivity index is 1.95. The Kier molecular flexibility index (Phi) is 7.86. The van der Waals surface area contributed by atoms with Crippen molar-refractivity contribution < 1.29 is 4.74 Å². The Hall–Kier alpha value is -1.10. The van der Waals surface area contributed by atoms with E-state index in [0.717, 1.165) is 12.2 Å². The number of hydrogen-bond donors (Lipinski definition) is 1. The molecule has 0 aromatic heterocycles. The van der Waals surface area contributed by atoms with E-state index in [1.54, 1.807) is 16.7 Å². The van der Waals surface area contributed by atoms with Gasteiger partial charge in [-0.1, -0.05) is 25.2 Å². The van der Waals surface area contributed by atoms with E-state index in [1.807, 2.05) is 11.8 Å². The summed E-state index contributed by atoms with van der Waals surface area (Å²) in [5.74, 6) is 0.993. The van der Waals surface area contributed by atoms with Gasteiger partial charge in [-0.3, -0.25) is 0 Å². The zero-order chi connectivity index (χ0) is 21.9. The van der Waals surface area contributed by atoms with Gasteiger partial charge in [0.05, 0.1) is 17.1 Å². The summed E-state index contributed by atoms with van der Waals surface area (Å²) < 4.78 is 5.95. The summed E-state index contributed by atoms with van der Waals surface area (Å²) in [6, 6.07) is 0. The van der Waals surface area contributed by atoms with Crippen LogP contribution in [0.3, 0.4) is 0 Å². The van der Waals surface area contributed by atoms with Gasteiger partial charge in [-0.05, 0) is 106 Å². The molecular weight excluding hydrogens is 406 g/mol. The van der Waals surface area contributed by atoms with Gasteiger partial charge in [0.1, 0.15) is 0 Å². The first kappa shape index (κ1) is 23.6. The zero-order valence-corrected chi connectivity index (χ0v) is 21.1. The molecule has 1 aliphatic carbocycles. The van der Waals surface area contributed by atoms with Crippen LogP contribution in [0.4, 0.5) is 0 Å². The summed E-state index contributed by atoms with van der Waals surface area (Å²) in [5, 5.41) is 0.508. The molecule has 1 saturated carbocycles. The molecule has 0 bridgehead atoms. The SMILES string of the molecule is C/C1=C/C=C2\CCC\C2=C2C=C(/C(C)=C/C(C)=C(\C)OCCCN)SC/2(C)C(C)S1. The van der Waals surface area contributed by atoms with Gasteiger partial charge < -0.3 is 10.5 Å². The van der Waals surface area contributed by atoms with Crippen LogP contribution in [0.25, 0.3) is 0 Å². The van der Waals surface area contributed by atoms with Gasteiger partial charge in [-0.25, -0.2) is 0 Å². The Morgan fingerprint density at radius 2 is 2.03 bits per heavy atom. The van der Waals surface area contributed by atoms with Gasteiger partial charge >= 0.3 is 0 Å². The fourth-order valence-electron chi connectivity index (χ4n) is 4.30. The van der Waals surface area contributed by atoms with Crippen molar-refractivity contribution in [3.05, 3.63) is 67.7 Å². The van der Waals surface area contributed by atoms with Crippen LogP contribution >= 0.6 is 23.5 Å². The number of nitrogens with two attached hydrogens (primary N) is 1. The molecule has 164 valence electrons. The Morgan fingerprint density at radius 1 is 1.27 bits per heavy atom. The van der Waals surface area contributed by atoms with Crippen molar-refractivity contribution in [3.63, 3.8) is 0 Å². The molecule has 2 atom stereocenters. The number of hydrogen-bond acceptors (Lipinski definition) is 4. The predicted octanol–water partition coefficient (Wildman–Crippen LogP) is 7.43. The molecule has 1 fully saturated rings. The molecule has 0 radical (unpaired) electrons. The number of ether oxygens (including phenoxy) is 1. The minimum absolute atomic E-state index is 0.0948. The van der Waals surface area contributed by atoms with Crippen LogP contribution in [0.2, 0.25) is 0 Å². The summed E-state index contributed by atoms with van der Waals surface area (Å²) in [5.41, 5.74) is 12.8. The fraction of sp³-hybridized carbons (Fsp3) is 0.538. The first-order valence-corrected chi connectivity index (χ1v) is 12.8. The van der Waals surface area contributed by atoms with Crippen molar-refractivity contribution in [2.75, 3.05) is 13.2 Å². The normalized spacial score (nSPS) is 33.8. The minimum atomic E-state index is 0.0948. The van der Waals surface area contributed by atoms with Crippen molar-refractivity contribution in [1.82, 2.24) is 0 Å². The molecule has 3 aliphatic rings. The van der Waals surface area contributed by atoms with Gasteiger partial charge in [0.25, 0.3) is 0 Å². The Labute approximate surface area is 191 Å². The molecule has 3 rings (SSSR count). The average Bonchev–Trinajstić information content (AvgIpc) is 3.30. The molecule has 0 spiro atoms. The van der Waals surface area contributed by atoms with Crippen LogP contribution in [0.1, 0.15) is 67.2 Å². The molecule has 0 aromatic carbocycles. The second-order valence-corrected chi connectivity index (χ2v) is 11.8. The first-order valence-electron chi connectivity index (χ1n) is 11.1. The number of fused-ring (bicyclic) bond motifs is 2. The van der Waals surface area contributed by atoms with E-state index in [0.29, 0.717) is 18.4 Å². The largest absolute Gasteiger partial charge is 0.498 e. The molecule has 2 unspecified atom stereocenters. The highest BCUT2D eigenvalue weighted by Crippen LogP contribution is 2.56. The summed E-state index contributed by atoms with van der Waals surface area (Å²) in [7, 11) is 0. The van der Waals surface area contributed by atoms with Crippen molar-refractivity contribution >= 4 is 23.5 Å². The number of allylic oxidation sites excluding steroid dienone is 10. The van der Waals surface area contributed by atoms with E-state index in [9.17, 15) is 0 Å². The van der Waals surface area contributed by atoms with Crippen molar-refractivity contribution in [2.45, 2.75) is 77.2 Å². The Morgan fingerprint density at radius 3 is 2.77 bits per heavy atom. The fourth-order valence-corrected chi connectivity index (χ4v) is 6.95. The molecule has 2 N–H and O–H groups in total. The third-order valence-corrected chi connectivity index (χ3v) is 9.56. The van der Waals surface area contributed by atoms with Crippen LogP contribution in [0.5, 0.6) is 0 Å². The molecule has 0 amide bonds. The highest BCUT2D eigenvalue weighted by Gasteiger charge is 2.43. The molecule has 0 aromatic rings. The molecule has 2 heterocycles. The van der Waals surface area contributed by atoms with Crippen molar-refractivity contribution in [1.29, 1.82) is 0 Å². The average molecular weight is 444 g/mol. The topological polar surface area (TPSA) is 35.2 Å². The monoisotopic (exact) mass is 443 g/mol. The minimum Gasteiger partial charge on any atom is -0.498 e. The lowest BCUT2D eigenvalue weighted by Gasteiger charge is -2.33. The van der Waals surface area contributed by atoms with Crippen LogP contribution in [0, 0.1) is 0 Å². The summed E-state index contributed by atoms with van der Waals surface area (Å²) >= 11 is 4.07. The predicted molar refractivity (Wildman–Crippen MR) is 136 cm³/mol. The second kappa shape index (κ2) is 10.0. The van der Waals surface area contributed by atoms with Gasteiger partial charge in [0, 0.05) is 10.2 Å². The van der Waals surface area contributed by atoms with E-state index < -0.39 is 0 Å². The Bertz CT molecular complexity index is 871. The van der Waals surface area contributed by atoms with Crippen LogP contribution in [-0.4, -0.2) is 23.1 Å². The second-order valence-electron chi connectivity index (χ2n) is 8.75. The summed E-state index contributed by atoms with van der Waals surface area (Å²) in [6.07, 6.45) is 14.1. The summed E-state index contributed by atoms with van der Waals surface area (Å²) in [6.45, 7) is 14.9. The van der Waals surface area contributed by atoms with E-state index in [1.165, 1.54) is 40.2 Å². The van der Waals surface area contributed by atoms with Crippen molar-refractivity contribution in [2.24, 2.45) is 5.73 Å². The molecule has 2 nitrogen and oxygen atoms in total. The maximum absolute atomic E-state index is 5.86. The van der Waals surface area contributed by atoms with E-state index in [4.69, 9.17) is 10.5 Å². The van der Waals surface area contributed by atoms with Gasteiger partial charge in [0.15, 0.2) is 0 Å². The zero-order valence-electron chi connectivity index (χ0n) is 19.4. The maximum Gasteiger partial charge on any atom is 0.0957 e. The quantitative estimate of drug-likeness (QED) is 0.263. The summed E-state index contributed by atoms with van der Waals surface area (Å²) in [4.78, 5) is 2.81. The molecule has 30 heavy (non-hydrogen) atoms. The lowest BCUT2D eigenvalue weighted by molar-refractivity contribution is 0.209.